The number of rotatable bonds is 2. The van der Waals surface area contributed by atoms with E-state index in [2.05, 4.69) is 5.10 Å². The summed E-state index contributed by atoms with van der Waals surface area (Å²) >= 11 is 0. The maximum absolute atomic E-state index is 11.1. The number of aryl methyl sites for hydroxylation is 2. The van der Waals surface area contributed by atoms with Gasteiger partial charge in [-0.15, -0.1) is 0 Å². The van der Waals surface area contributed by atoms with Crippen molar-refractivity contribution in [3.8, 4) is 11.6 Å². The van der Waals surface area contributed by atoms with E-state index in [0.717, 1.165) is 16.9 Å². The van der Waals surface area contributed by atoms with Crippen molar-refractivity contribution < 1.29 is 9.53 Å². The zero-order valence-electron chi connectivity index (χ0n) is 13.1. The molecule has 0 fully saturated rings. The van der Waals surface area contributed by atoms with Crippen LogP contribution in [0.4, 0.5) is 4.79 Å². The number of hydrogen-bond donors (Lipinski definition) is 1. The Kier molecular flexibility index (Phi) is 3.77. The molecular formula is C16H21N3O2. The molecule has 2 aromatic rings. The van der Waals surface area contributed by atoms with Crippen molar-refractivity contribution in [2.24, 2.45) is 5.73 Å². The number of primary amides is 1. The molecule has 5 nitrogen and oxygen atoms in total. The lowest BCUT2D eigenvalue weighted by atomic mass is 9.93. The largest absolute Gasteiger partial charge is 0.411 e. The molecule has 0 aliphatic rings. The first-order valence-electron chi connectivity index (χ1n) is 6.84. The summed E-state index contributed by atoms with van der Waals surface area (Å²) < 4.78 is 6.69. The predicted molar refractivity (Wildman–Crippen MR) is 81.9 cm³/mol. The van der Waals surface area contributed by atoms with E-state index in [1.54, 1.807) is 10.7 Å². The third kappa shape index (κ3) is 3.24. The Morgan fingerprint density at radius 3 is 2.38 bits per heavy atom. The van der Waals surface area contributed by atoms with Crippen LogP contribution in [-0.2, 0) is 5.41 Å². The molecular weight excluding hydrogens is 266 g/mol. The lowest BCUT2D eigenvalue weighted by Gasteiger charge is -2.14. The number of amides is 1. The number of nitrogens with zero attached hydrogens (tertiary/aromatic N) is 2. The predicted octanol–water partition coefficient (Wildman–Crippen LogP) is 3.24. The lowest BCUT2D eigenvalue weighted by Crippen LogP contribution is -2.18. The first kappa shape index (κ1) is 15.1. The van der Waals surface area contributed by atoms with Crippen LogP contribution in [0.1, 0.15) is 37.6 Å². The van der Waals surface area contributed by atoms with E-state index >= 15 is 0 Å². The number of aromatic nitrogens is 2. The topological polar surface area (TPSA) is 70.1 Å². The Bertz CT molecular complexity index is 681. The summed E-state index contributed by atoms with van der Waals surface area (Å²) in [6, 6.07) is 7.70. The van der Waals surface area contributed by atoms with Gasteiger partial charge in [-0.25, -0.2) is 9.48 Å². The van der Waals surface area contributed by atoms with E-state index in [-0.39, 0.29) is 5.41 Å². The molecule has 2 rings (SSSR count). The van der Waals surface area contributed by atoms with Gasteiger partial charge < -0.3 is 10.5 Å². The molecule has 0 saturated heterocycles. The molecule has 1 aromatic heterocycles. The van der Waals surface area contributed by atoms with Crippen LogP contribution in [0.15, 0.2) is 24.3 Å². The minimum absolute atomic E-state index is 0.152. The minimum Gasteiger partial charge on any atom is -0.391 e. The quantitative estimate of drug-likeness (QED) is 0.921. The second-order valence-electron chi connectivity index (χ2n) is 6.22. The molecule has 21 heavy (non-hydrogen) atoms. The molecule has 0 unspecified atom stereocenters. The van der Waals surface area contributed by atoms with E-state index < -0.39 is 6.09 Å². The highest BCUT2D eigenvalue weighted by Gasteiger charge is 2.22. The van der Waals surface area contributed by atoms with Crippen LogP contribution in [0.2, 0.25) is 0 Å². The Morgan fingerprint density at radius 2 is 1.86 bits per heavy atom. The van der Waals surface area contributed by atoms with Gasteiger partial charge in [-0.1, -0.05) is 26.8 Å². The number of benzene rings is 1. The fraction of sp³-hybridized carbons (Fsp3) is 0.375. The third-order valence-electron chi connectivity index (χ3n) is 3.39. The zero-order chi connectivity index (χ0) is 15.8. The maximum atomic E-state index is 11.1. The second kappa shape index (κ2) is 5.24. The number of nitrogens with two attached hydrogens (primary N) is 1. The van der Waals surface area contributed by atoms with Crippen LogP contribution in [0.3, 0.4) is 0 Å². The Morgan fingerprint density at radius 1 is 1.19 bits per heavy atom. The Labute approximate surface area is 124 Å². The summed E-state index contributed by atoms with van der Waals surface area (Å²) in [7, 11) is 0. The molecule has 112 valence electrons. The van der Waals surface area contributed by atoms with Crippen LogP contribution < -0.4 is 10.5 Å². The smallest absolute Gasteiger partial charge is 0.391 e. The summed E-state index contributed by atoms with van der Waals surface area (Å²) in [5.41, 5.74) is 9.00. The van der Waals surface area contributed by atoms with Gasteiger partial charge in [-0.05, 0) is 37.1 Å². The summed E-state index contributed by atoms with van der Waals surface area (Å²) in [4.78, 5) is 11.1. The number of hydrogen-bond acceptors (Lipinski definition) is 3. The molecule has 0 aliphatic heterocycles. The van der Waals surface area contributed by atoms with E-state index in [1.165, 1.54) is 5.56 Å². The highest BCUT2D eigenvalue weighted by Crippen LogP contribution is 2.28. The molecule has 0 radical (unpaired) electrons. The summed E-state index contributed by atoms with van der Waals surface area (Å²) in [6.07, 6.45) is -0.847. The molecule has 0 spiro atoms. The van der Waals surface area contributed by atoms with Gasteiger partial charge >= 0.3 is 6.09 Å². The van der Waals surface area contributed by atoms with Crippen molar-refractivity contribution in [3.63, 3.8) is 0 Å². The standard InChI is InChI=1S/C16H21N3O2/c1-10-6-7-12(8-11(10)2)19-14(21-15(17)20)9-13(18-19)16(3,4)5/h6-9H,1-5H3,(H2,17,20). The summed E-state index contributed by atoms with van der Waals surface area (Å²) in [5, 5.41) is 4.56. The zero-order valence-corrected chi connectivity index (χ0v) is 13.1. The average molecular weight is 287 g/mol. The average Bonchev–Trinajstić information content (AvgIpc) is 2.75. The Balaban J connectivity index is 2.56. The molecule has 0 atom stereocenters. The van der Waals surface area contributed by atoms with Gasteiger partial charge in [-0.2, -0.15) is 5.10 Å². The third-order valence-corrected chi connectivity index (χ3v) is 3.39. The first-order chi connectivity index (χ1) is 9.68. The first-order valence-corrected chi connectivity index (χ1v) is 6.84. The van der Waals surface area contributed by atoms with E-state index in [9.17, 15) is 4.79 Å². The molecule has 5 heteroatoms. The van der Waals surface area contributed by atoms with Crippen LogP contribution >= 0.6 is 0 Å². The highest BCUT2D eigenvalue weighted by molar-refractivity contribution is 5.67. The molecule has 0 bridgehead atoms. The fourth-order valence-corrected chi connectivity index (χ4v) is 1.95. The van der Waals surface area contributed by atoms with Crippen molar-refractivity contribution in [3.05, 3.63) is 41.1 Å². The van der Waals surface area contributed by atoms with Gasteiger partial charge in [0.05, 0.1) is 11.4 Å². The van der Waals surface area contributed by atoms with Crippen molar-refractivity contribution in [1.82, 2.24) is 9.78 Å². The molecule has 0 aliphatic carbocycles. The highest BCUT2D eigenvalue weighted by atomic mass is 16.6. The van der Waals surface area contributed by atoms with Gasteiger partial charge in [0.25, 0.3) is 0 Å². The molecule has 1 heterocycles. The molecule has 0 saturated carbocycles. The maximum Gasteiger partial charge on any atom is 0.411 e. The van der Waals surface area contributed by atoms with Gasteiger partial charge in [0, 0.05) is 11.5 Å². The summed E-state index contributed by atoms with van der Waals surface area (Å²) in [5.74, 6) is 0.329. The molecule has 1 aromatic carbocycles. The van der Waals surface area contributed by atoms with Crippen LogP contribution in [0, 0.1) is 13.8 Å². The number of carbonyl (C=O) groups excluding carboxylic acids is 1. The van der Waals surface area contributed by atoms with Crippen molar-refractivity contribution in [1.29, 1.82) is 0 Å². The van der Waals surface area contributed by atoms with Crippen LogP contribution in [0.5, 0.6) is 5.88 Å². The minimum atomic E-state index is -0.847. The Hall–Kier alpha value is -2.30. The molecule has 1 amide bonds. The fourth-order valence-electron chi connectivity index (χ4n) is 1.95. The van der Waals surface area contributed by atoms with Crippen LogP contribution in [-0.4, -0.2) is 15.9 Å². The second-order valence-corrected chi connectivity index (χ2v) is 6.22. The normalized spacial score (nSPS) is 11.5. The van der Waals surface area contributed by atoms with Gasteiger partial charge in [0.15, 0.2) is 0 Å². The van der Waals surface area contributed by atoms with Crippen molar-refractivity contribution >= 4 is 6.09 Å². The monoisotopic (exact) mass is 287 g/mol. The van der Waals surface area contributed by atoms with Gasteiger partial charge in [-0.3, -0.25) is 0 Å². The lowest BCUT2D eigenvalue weighted by molar-refractivity contribution is 0.207. The van der Waals surface area contributed by atoms with E-state index in [1.807, 2.05) is 52.8 Å². The summed E-state index contributed by atoms with van der Waals surface area (Å²) in [6.45, 7) is 10.2. The van der Waals surface area contributed by atoms with Gasteiger partial charge in [0.2, 0.25) is 5.88 Å². The molecule has 2 N–H and O–H groups in total. The van der Waals surface area contributed by atoms with E-state index in [0.29, 0.717) is 5.88 Å². The van der Waals surface area contributed by atoms with Crippen LogP contribution in [0.25, 0.3) is 5.69 Å². The number of carbonyl (C=O) groups is 1. The van der Waals surface area contributed by atoms with Gasteiger partial charge in [0.1, 0.15) is 0 Å². The van der Waals surface area contributed by atoms with Crippen molar-refractivity contribution in [2.45, 2.75) is 40.0 Å². The number of ether oxygens (including phenoxy) is 1. The van der Waals surface area contributed by atoms with E-state index in [4.69, 9.17) is 10.5 Å². The SMILES string of the molecule is Cc1ccc(-n2nc(C(C)(C)C)cc2OC(N)=O)cc1C. The van der Waals surface area contributed by atoms with Crippen molar-refractivity contribution in [2.75, 3.05) is 0 Å².